The van der Waals surface area contributed by atoms with Crippen molar-refractivity contribution in [3.8, 4) is 0 Å². The average molecular weight is 310 g/mol. The first-order valence-corrected chi connectivity index (χ1v) is 7.85. The average Bonchev–Trinajstić information content (AvgIpc) is 2.94. The lowest BCUT2D eigenvalue weighted by Crippen LogP contribution is -2.47. The standard InChI is InChI=1S/C16H20ClNO3/c17-14-3-1-2-13(12-14)4-5-15(19)18-8-6-16(7-9-18)20-10-11-21-16/h1-3,12H,4-11H2. The zero-order valence-corrected chi connectivity index (χ0v) is 12.8. The smallest absolute Gasteiger partial charge is 0.222 e. The molecule has 0 aliphatic carbocycles. The van der Waals surface area contributed by atoms with Crippen LogP contribution in [0.4, 0.5) is 0 Å². The van der Waals surface area contributed by atoms with E-state index in [4.69, 9.17) is 21.1 Å². The fourth-order valence-corrected chi connectivity index (χ4v) is 3.20. The number of amides is 1. The molecule has 1 amide bonds. The highest BCUT2D eigenvalue weighted by Gasteiger charge is 2.40. The molecule has 0 unspecified atom stereocenters. The van der Waals surface area contributed by atoms with E-state index in [9.17, 15) is 4.79 Å². The molecule has 0 aromatic heterocycles. The number of benzene rings is 1. The Morgan fingerprint density at radius 3 is 2.62 bits per heavy atom. The van der Waals surface area contributed by atoms with Crippen LogP contribution in [0.2, 0.25) is 5.02 Å². The Morgan fingerprint density at radius 2 is 1.95 bits per heavy atom. The Bertz CT molecular complexity index is 504. The quantitative estimate of drug-likeness (QED) is 0.861. The van der Waals surface area contributed by atoms with Crippen molar-refractivity contribution in [3.05, 3.63) is 34.9 Å². The first-order chi connectivity index (χ1) is 10.2. The number of ether oxygens (including phenoxy) is 2. The third-order valence-electron chi connectivity index (χ3n) is 4.21. The fourth-order valence-electron chi connectivity index (χ4n) is 2.98. The molecule has 21 heavy (non-hydrogen) atoms. The summed E-state index contributed by atoms with van der Waals surface area (Å²) in [5.41, 5.74) is 1.10. The molecular formula is C16H20ClNO3. The van der Waals surface area contributed by atoms with Gasteiger partial charge >= 0.3 is 0 Å². The molecule has 0 N–H and O–H groups in total. The lowest BCUT2D eigenvalue weighted by atomic mass is 10.0. The summed E-state index contributed by atoms with van der Waals surface area (Å²) in [7, 11) is 0. The molecule has 2 aliphatic heterocycles. The Balaban J connectivity index is 1.48. The van der Waals surface area contributed by atoms with E-state index in [2.05, 4.69) is 0 Å². The maximum Gasteiger partial charge on any atom is 0.222 e. The van der Waals surface area contributed by atoms with E-state index in [1.807, 2.05) is 29.2 Å². The van der Waals surface area contributed by atoms with Crippen LogP contribution in [0.3, 0.4) is 0 Å². The molecule has 1 aromatic rings. The van der Waals surface area contributed by atoms with Gasteiger partial charge < -0.3 is 14.4 Å². The molecule has 2 heterocycles. The van der Waals surface area contributed by atoms with E-state index >= 15 is 0 Å². The molecule has 3 rings (SSSR count). The van der Waals surface area contributed by atoms with Gasteiger partial charge in [-0.2, -0.15) is 0 Å². The third-order valence-corrected chi connectivity index (χ3v) is 4.44. The van der Waals surface area contributed by atoms with Gasteiger partial charge in [-0.25, -0.2) is 0 Å². The van der Waals surface area contributed by atoms with Crippen LogP contribution in [0.1, 0.15) is 24.8 Å². The van der Waals surface area contributed by atoms with Crippen molar-refractivity contribution < 1.29 is 14.3 Å². The monoisotopic (exact) mass is 309 g/mol. The largest absolute Gasteiger partial charge is 0.347 e. The summed E-state index contributed by atoms with van der Waals surface area (Å²) in [6, 6.07) is 7.69. The SMILES string of the molecule is O=C(CCc1cccc(Cl)c1)N1CCC2(CC1)OCCO2. The Labute approximate surface area is 130 Å². The summed E-state index contributed by atoms with van der Waals surface area (Å²) >= 11 is 5.95. The van der Waals surface area contributed by atoms with Gasteiger partial charge in [0.15, 0.2) is 5.79 Å². The van der Waals surface area contributed by atoms with Gasteiger partial charge in [-0.05, 0) is 24.1 Å². The topological polar surface area (TPSA) is 38.8 Å². The van der Waals surface area contributed by atoms with Crippen molar-refractivity contribution >= 4 is 17.5 Å². The van der Waals surface area contributed by atoms with Gasteiger partial charge in [-0.3, -0.25) is 4.79 Å². The van der Waals surface area contributed by atoms with E-state index in [0.717, 1.165) is 29.8 Å². The van der Waals surface area contributed by atoms with Crippen LogP contribution in [-0.2, 0) is 20.7 Å². The number of carbonyl (C=O) groups excluding carboxylic acids is 1. The summed E-state index contributed by atoms with van der Waals surface area (Å²) < 4.78 is 11.4. The summed E-state index contributed by atoms with van der Waals surface area (Å²) in [5.74, 6) is -0.216. The second kappa shape index (κ2) is 6.34. The van der Waals surface area contributed by atoms with E-state index in [1.54, 1.807) is 0 Å². The van der Waals surface area contributed by atoms with Crippen molar-refractivity contribution in [2.45, 2.75) is 31.5 Å². The molecule has 1 aromatic carbocycles. The minimum absolute atomic E-state index is 0.197. The predicted molar refractivity (Wildman–Crippen MR) is 80.2 cm³/mol. The fraction of sp³-hybridized carbons (Fsp3) is 0.562. The molecule has 0 bridgehead atoms. The zero-order valence-electron chi connectivity index (χ0n) is 12.0. The molecule has 4 nitrogen and oxygen atoms in total. The Kier molecular flexibility index (Phi) is 4.48. The van der Waals surface area contributed by atoms with Crippen LogP contribution < -0.4 is 0 Å². The minimum Gasteiger partial charge on any atom is -0.347 e. The maximum atomic E-state index is 12.3. The summed E-state index contributed by atoms with van der Waals surface area (Å²) in [6.45, 7) is 2.77. The number of halogens is 1. The van der Waals surface area contributed by atoms with Crippen LogP contribution in [0.15, 0.2) is 24.3 Å². The van der Waals surface area contributed by atoms with Crippen molar-refractivity contribution in [3.63, 3.8) is 0 Å². The lowest BCUT2D eigenvalue weighted by Gasteiger charge is -2.37. The normalized spacial score (nSPS) is 20.9. The van der Waals surface area contributed by atoms with E-state index in [1.165, 1.54) is 0 Å². The van der Waals surface area contributed by atoms with Crippen LogP contribution in [0, 0.1) is 0 Å². The lowest BCUT2D eigenvalue weighted by molar-refractivity contribution is -0.187. The number of likely N-dealkylation sites (tertiary alicyclic amines) is 1. The van der Waals surface area contributed by atoms with Crippen LogP contribution >= 0.6 is 11.6 Å². The van der Waals surface area contributed by atoms with Crippen molar-refractivity contribution in [2.24, 2.45) is 0 Å². The van der Waals surface area contributed by atoms with Gasteiger partial charge in [0.05, 0.1) is 13.2 Å². The summed E-state index contributed by atoms with van der Waals surface area (Å²) in [6.07, 6.45) is 2.80. The molecule has 0 saturated carbocycles. The van der Waals surface area contributed by atoms with Gasteiger partial charge in [-0.15, -0.1) is 0 Å². The van der Waals surface area contributed by atoms with Crippen molar-refractivity contribution in [2.75, 3.05) is 26.3 Å². The second-order valence-electron chi connectivity index (χ2n) is 5.62. The maximum absolute atomic E-state index is 12.3. The van der Waals surface area contributed by atoms with Gasteiger partial charge in [0.2, 0.25) is 5.91 Å². The number of hydrogen-bond donors (Lipinski definition) is 0. The molecule has 2 aliphatic rings. The minimum atomic E-state index is -0.413. The molecule has 0 radical (unpaired) electrons. The number of hydrogen-bond acceptors (Lipinski definition) is 3. The summed E-state index contributed by atoms with van der Waals surface area (Å²) in [5, 5.41) is 0.718. The number of rotatable bonds is 3. The second-order valence-corrected chi connectivity index (χ2v) is 6.05. The van der Waals surface area contributed by atoms with Gasteiger partial charge in [0, 0.05) is 37.4 Å². The zero-order chi connectivity index (χ0) is 14.7. The Morgan fingerprint density at radius 1 is 1.24 bits per heavy atom. The van der Waals surface area contributed by atoms with Crippen LogP contribution in [0.5, 0.6) is 0 Å². The third kappa shape index (κ3) is 3.57. The number of aryl methyl sites for hydroxylation is 1. The highest BCUT2D eigenvalue weighted by atomic mass is 35.5. The first kappa shape index (κ1) is 14.8. The molecule has 1 spiro atoms. The molecule has 5 heteroatoms. The molecule has 2 fully saturated rings. The van der Waals surface area contributed by atoms with Crippen molar-refractivity contribution in [1.29, 1.82) is 0 Å². The molecule has 2 saturated heterocycles. The number of carbonyl (C=O) groups is 1. The summed E-state index contributed by atoms with van der Waals surface area (Å²) in [4.78, 5) is 14.2. The van der Waals surface area contributed by atoms with Crippen LogP contribution in [-0.4, -0.2) is 42.9 Å². The molecule has 0 atom stereocenters. The van der Waals surface area contributed by atoms with Crippen LogP contribution in [0.25, 0.3) is 0 Å². The van der Waals surface area contributed by atoms with E-state index < -0.39 is 5.79 Å². The molecular weight excluding hydrogens is 290 g/mol. The van der Waals surface area contributed by atoms with E-state index in [0.29, 0.717) is 32.7 Å². The predicted octanol–water partition coefficient (Wildman–Crippen LogP) is 2.64. The van der Waals surface area contributed by atoms with Crippen molar-refractivity contribution in [1.82, 2.24) is 4.90 Å². The first-order valence-electron chi connectivity index (χ1n) is 7.47. The number of piperidine rings is 1. The highest BCUT2D eigenvalue weighted by Crippen LogP contribution is 2.31. The van der Waals surface area contributed by atoms with Gasteiger partial charge in [-0.1, -0.05) is 23.7 Å². The van der Waals surface area contributed by atoms with E-state index in [-0.39, 0.29) is 5.91 Å². The highest BCUT2D eigenvalue weighted by molar-refractivity contribution is 6.30. The molecule has 114 valence electrons. The van der Waals surface area contributed by atoms with Gasteiger partial charge in [0.25, 0.3) is 0 Å². The Hall–Kier alpha value is -1.10. The number of nitrogens with zero attached hydrogens (tertiary/aromatic N) is 1. The van der Waals surface area contributed by atoms with Gasteiger partial charge in [0.1, 0.15) is 0 Å².